The molecule has 1 aromatic rings. The van der Waals surface area contributed by atoms with Crippen LogP contribution in [0.1, 0.15) is 55.2 Å². The Balaban J connectivity index is 1.71. The van der Waals surface area contributed by atoms with Gasteiger partial charge in [-0.1, -0.05) is 24.3 Å². The van der Waals surface area contributed by atoms with Crippen molar-refractivity contribution >= 4 is 0 Å². The van der Waals surface area contributed by atoms with Crippen molar-refractivity contribution in [2.24, 2.45) is 5.73 Å². The first-order valence-corrected chi connectivity index (χ1v) is 7.45. The number of nitrogens with zero attached hydrogens (tertiary/aromatic N) is 1. The monoisotopic (exact) mass is 242 g/mol. The molecule has 0 spiro atoms. The van der Waals surface area contributed by atoms with Crippen molar-refractivity contribution in [1.82, 2.24) is 4.90 Å². The standard InChI is InChI=1S/C16H22N2/c17-15-9-10-18(12-7-8-12)16(15)14-4-2-1-3-13(14)11-5-6-11/h1-4,11-12,15-16H,5-10,17H2. The molecule has 4 rings (SSSR count). The molecule has 18 heavy (non-hydrogen) atoms. The zero-order chi connectivity index (χ0) is 12.1. The average Bonchev–Trinajstić information content (AvgIpc) is 3.27. The maximum absolute atomic E-state index is 6.41. The van der Waals surface area contributed by atoms with E-state index < -0.39 is 0 Å². The summed E-state index contributed by atoms with van der Waals surface area (Å²) in [6, 6.07) is 10.7. The van der Waals surface area contributed by atoms with Crippen molar-refractivity contribution in [3.63, 3.8) is 0 Å². The fourth-order valence-electron chi connectivity index (χ4n) is 3.61. The SMILES string of the molecule is NC1CCN(C2CC2)C1c1ccccc1C1CC1. The van der Waals surface area contributed by atoms with Crippen LogP contribution >= 0.6 is 0 Å². The Hall–Kier alpha value is -0.860. The molecule has 2 saturated carbocycles. The molecule has 0 radical (unpaired) electrons. The molecular weight excluding hydrogens is 220 g/mol. The normalized spacial score (nSPS) is 32.9. The van der Waals surface area contributed by atoms with Gasteiger partial charge in [0.1, 0.15) is 0 Å². The van der Waals surface area contributed by atoms with Gasteiger partial charge in [0.2, 0.25) is 0 Å². The van der Waals surface area contributed by atoms with Crippen LogP contribution < -0.4 is 5.73 Å². The van der Waals surface area contributed by atoms with Crippen LogP contribution in [0.5, 0.6) is 0 Å². The third-order valence-electron chi connectivity index (χ3n) is 4.83. The summed E-state index contributed by atoms with van der Waals surface area (Å²) in [5, 5.41) is 0. The minimum absolute atomic E-state index is 0.338. The van der Waals surface area contributed by atoms with E-state index in [2.05, 4.69) is 29.2 Å². The fourth-order valence-corrected chi connectivity index (χ4v) is 3.61. The molecule has 1 aromatic carbocycles. The summed E-state index contributed by atoms with van der Waals surface area (Å²) in [5.74, 6) is 0.829. The second-order valence-corrected chi connectivity index (χ2v) is 6.27. The van der Waals surface area contributed by atoms with Crippen LogP contribution in [0.4, 0.5) is 0 Å². The van der Waals surface area contributed by atoms with Crippen molar-refractivity contribution in [1.29, 1.82) is 0 Å². The number of nitrogens with two attached hydrogens (primary N) is 1. The maximum Gasteiger partial charge on any atom is 0.0505 e. The molecule has 1 heterocycles. The number of hydrogen-bond donors (Lipinski definition) is 1. The summed E-state index contributed by atoms with van der Waals surface area (Å²) in [5.41, 5.74) is 9.54. The predicted octanol–water partition coefficient (Wildman–Crippen LogP) is 2.80. The zero-order valence-corrected chi connectivity index (χ0v) is 10.9. The van der Waals surface area contributed by atoms with E-state index in [4.69, 9.17) is 5.73 Å². The number of hydrogen-bond acceptors (Lipinski definition) is 2. The summed E-state index contributed by atoms with van der Waals surface area (Å²) in [6.07, 6.45) is 6.69. The molecule has 3 fully saturated rings. The quantitative estimate of drug-likeness (QED) is 0.883. The highest BCUT2D eigenvalue weighted by Crippen LogP contribution is 2.47. The van der Waals surface area contributed by atoms with E-state index in [-0.39, 0.29) is 0 Å². The van der Waals surface area contributed by atoms with Gasteiger partial charge in [0.15, 0.2) is 0 Å². The van der Waals surface area contributed by atoms with Crippen molar-refractivity contribution in [2.45, 2.75) is 56.1 Å². The maximum atomic E-state index is 6.41. The second kappa shape index (κ2) is 4.07. The van der Waals surface area contributed by atoms with E-state index in [0.717, 1.165) is 12.0 Å². The van der Waals surface area contributed by atoms with Gasteiger partial charge in [0, 0.05) is 18.6 Å². The number of rotatable bonds is 3. The highest BCUT2D eigenvalue weighted by Gasteiger charge is 2.42. The lowest BCUT2D eigenvalue weighted by Gasteiger charge is -2.29. The van der Waals surface area contributed by atoms with E-state index in [1.54, 1.807) is 5.56 Å². The van der Waals surface area contributed by atoms with Gasteiger partial charge in [-0.3, -0.25) is 4.90 Å². The molecule has 2 unspecified atom stereocenters. The van der Waals surface area contributed by atoms with Gasteiger partial charge in [-0.15, -0.1) is 0 Å². The Bertz CT molecular complexity index is 448. The molecule has 96 valence electrons. The van der Waals surface area contributed by atoms with Crippen LogP contribution in [0.3, 0.4) is 0 Å². The van der Waals surface area contributed by atoms with Gasteiger partial charge in [0.05, 0.1) is 6.04 Å². The van der Waals surface area contributed by atoms with Crippen LogP contribution in [-0.4, -0.2) is 23.5 Å². The van der Waals surface area contributed by atoms with E-state index in [9.17, 15) is 0 Å². The molecule has 2 atom stereocenters. The molecule has 0 aromatic heterocycles. The summed E-state index contributed by atoms with van der Waals surface area (Å²) in [4.78, 5) is 2.69. The van der Waals surface area contributed by atoms with Gasteiger partial charge in [-0.25, -0.2) is 0 Å². The third kappa shape index (κ3) is 1.79. The van der Waals surface area contributed by atoms with Gasteiger partial charge in [-0.2, -0.15) is 0 Å². The van der Waals surface area contributed by atoms with Crippen LogP contribution in [0.2, 0.25) is 0 Å². The van der Waals surface area contributed by atoms with Crippen molar-refractivity contribution in [2.75, 3.05) is 6.54 Å². The van der Waals surface area contributed by atoms with E-state index in [0.29, 0.717) is 12.1 Å². The Morgan fingerprint density at radius 3 is 2.33 bits per heavy atom. The van der Waals surface area contributed by atoms with Crippen LogP contribution in [0.15, 0.2) is 24.3 Å². The molecule has 3 aliphatic rings. The van der Waals surface area contributed by atoms with Gasteiger partial charge < -0.3 is 5.73 Å². The average molecular weight is 242 g/mol. The Labute approximate surface area is 109 Å². The van der Waals surface area contributed by atoms with Crippen molar-refractivity contribution in [3.05, 3.63) is 35.4 Å². The van der Waals surface area contributed by atoms with Crippen LogP contribution in [-0.2, 0) is 0 Å². The lowest BCUT2D eigenvalue weighted by Crippen LogP contribution is -2.33. The van der Waals surface area contributed by atoms with Crippen LogP contribution in [0.25, 0.3) is 0 Å². The molecule has 1 aliphatic heterocycles. The summed E-state index contributed by atoms with van der Waals surface area (Å²) in [6.45, 7) is 1.20. The Morgan fingerprint density at radius 2 is 1.67 bits per heavy atom. The van der Waals surface area contributed by atoms with Crippen molar-refractivity contribution in [3.8, 4) is 0 Å². The summed E-state index contributed by atoms with van der Waals surface area (Å²) < 4.78 is 0. The molecule has 2 heteroatoms. The topological polar surface area (TPSA) is 29.3 Å². The highest BCUT2D eigenvalue weighted by atomic mass is 15.2. The molecule has 1 saturated heterocycles. The van der Waals surface area contributed by atoms with Gasteiger partial charge in [-0.05, 0) is 49.1 Å². The molecule has 2 aliphatic carbocycles. The first kappa shape index (κ1) is 11.0. The number of benzene rings is 1. The first-order valence-electron chi connectivity index (χ1n) is 7.45. The van der Waals surface area contributed by atoms with Gasteiger partial charge in [0.25, 0.3) is 0 Å². The zero-order valence-electron chi connectivity index (χ0n) is 10.9. The number of likely N-dealkylation sites (tertiary alicyclic amines) is 1. The second-order valence-electron chi connectivity index (χ2n) is 6.27. The largest absolute Gasteiger partial charge is 0.326 e. The predicted molar refractivity (Wildman–Crippen MR) is 73.5 cm³/mol. The summed E-state index contributed by atoms with van der Waals surface area (Å²) >= 11 is 0. The van der Waals surface area contributed by atoms with Crippen molar-refractivity contribution < 1.29 is 0 Å². The Kier molecular flexibility index (Phi) is 2.49. The van der Waals surface area contributed by atoms with E-state index in [1.807, 2.05) is 0 Å². The molecule has 0 bridgehead atoms. The van der Waals surface area contributed by atoms with E-state index in [1.165, 1.54) is 44.2 Å². The third-order valence-corrected chi connectivity index (χ3v) is 4.83. The summed E-state index contributed by atoms with van der Waals surface area (Å²) in [7, 11) is 0. The lowest BCUT2D eigenvalue weighted by molar-refractivity contribution is 0.236. The first-order chi connectivity index (χ1) is 8.84. The minimum atomic E-state index is 0.338. The van der Waals surface area contributed by atoms with Gasteiger partial charge >= 0.3 is 0 Å². The molecule has 2 N–H and O–H groups in total. The lowest BCUT2D eigenvalue weighted by atomic mass is 9.93. The smallest absolute Gasteiger partial charge is 0.0505 e. The van der Waals surface area contributed by atoms with Crippen LogP contribution in [0, 0.1) is 0 Å². The molecular formula is C16H22N2. The molecule has 0 amide bonds. The van der Waals surface area contributed by atoms with E-state index >= 15 is 0 Å². The minimum Gasteiger partial charge on any atom is -0.326 e. The fraction of sp³-hybridized carbons (Fsp3) is 0.625. The highest BCUT2D eigenvalue weighted by molar-refractivity contribution is 5.37. The molecule has 2 nitrogen and oxygen atoms in total. The Morgan fingerprint density at radius 1 is 0.944 bits per heavy atom.